The molecule has 0 fully saturated rings. The Morgan fingerprint density at radius 2 is 1.76 bits per heavy atom. The maximum Gasteiger partial charge on any atom is 0.249 e. The van der Waals surface area contributed by atoms with E-state index in [4.69, 9.17) is 14.5 Å². The van der Waals surface area contributed by atoms with Gasteiger partial charge in [-0.1, -0.05) is 6.07 Å². The fourth-order valence-electron chi connectivity index (χ4n) is 3.53. The van der Waals surface area contributed by atoms with Gasteiger partial charge < -0.3 is 14.4 Å². The summed E-state index contributed by atoms with van der Waals surface area (Å²) in [7, 11) is 3.08. The van der Waals surface area contributed by atoms with Crippen molar-refractivity contribution in [2.45, 2.75) is 33.7 Å². The molecule has 1 aromatic heterocycles. The Labute approximate surface area is 200 Å². The smallest absolute Gasteiger partial charge is 0.249 e. The van der Waals surface area contributed by atoms with Gasteiger partial charge >= 0.3 is 0 Å². The van der Waals surface area contributed by atoms with Crippen molar-refractivity contribution in [3.63, 3.8) is 0 Å². The van der Waals surface area contributed by atoms with E-state index >= 15 is 0 Å². The van der Waals surface area contributed by atoms with Crippen LogP contribution in [0.2, 0.25) is 0 Å². The van der Waals surface area contributed by atoms with Crippen LogP contribution < -0.4 is 10.1 Å². The highest BCUT2D eigenvalue weighted by Gasteiger charge is 2.22. The number of imidazole rings is 1. The summed E-state index contributed by atoms with van der Waals surface area (Å²) in [6, 6.07) is 13.5. The van der Waals surface area contributed by atoms with Gasteiger partial charge in [0.1, 0.15) is 18.9 Å². The maximum atomic E-state index is 13.0. The summed E-state index contributed by atoms with van der Waals surface area (Å²) in [6.07, 6.45) is 1.89. The van der Waals surface area contributed by atoms with Gasteiger partial charge in [-0.3, -0.25) is 19.5 Å². The molecule has 0 aliphatic carbocycles. The molecule has 34 heavy (non-hydrogen) atoms. The van der Waals surface area contributed by atoms with Crippen LogP contribution in [0.1, 0.15) is 25.0 Å². The molecule has 8 nitrogen and oxygen atoms in total. The van der Waals surface area contributed by atoms with Crippen molar-refractivity contribution in [2.24, 2.45) is 0 Å². The Balaban J connectivity index is 1.95. The van der Waals surface area contributed by atoms with Gasteiger partial charge in [-0.05, 0) is 75.2 Å². The molecule has 3 rings (SSSR count). The number of rotatable bonds is 9. The number of aryl methyl sites for hydroxylation is 2. The van der Waals surface area contributed by atoms with Crippen molar-refractivity contribution in [3.05, 3.63) is 59.8 Å². The molecule has 0 unspecified atom stereocenters. The Morgan fingerprint density at radius 3 is 2.35 bits per heavy atom. The van der Waals surface area contributed by atoms with E-state index in [1.165, 1.54) is 17.6 Å². The van der Waals surface area contributed by atoms with Gasteiger partial charge in [0, 0.05) is 30.6 Å². The standard InChI is InChI=1S/C26H32N4O4/c1-17(2)29(25(32)16-33-5)15-24(31)28-26-27-23(20-8-11-22(34-6)12-9-20)14-30(26)21-10-7-18(3)19(4)13-21/h7-14,17H,15-16H2,1-6H3,(H,27,28,31). The van der Waals surface area contributed by atoms with Gasteiger partial charge in [-0.25, -0.2) is 4.98 Å². The second kappa shape index (κ2) is 11.0. The number of aromatic nitrogens is 2. The lowest BCUT2D eigenvalue weighted by Gasteiger charge is -2.25. The van der Waals surface area contributed by atoms with Crippen molar-refractivity contribution in [1.29, 1.82) is 0 Å². The second-order valence-corrected chi connectivity index (χ2v) is 8.41. The Morgan fingerprint density at radius 1 is 1.06 bits per heavy atom. The fourth-order valence-corrected chi connectivity index (χ4v) is 3.53. The van der Waals surface area contributed by atoms with E-state index in [0.29, 0.717) is 11.6 Å². The summed E-state index contributed by atoms with van der Waals surface area (Å²) in [4.78, 5) is 31.5. The molecule has 0 saturated heterocycles. The number of carbonyl (C=O) groups excluding carboxylic acids is 2. The van der Waals surface area contributed by atoms with Gasteiger partial charge in [0.2, 0.25) is 17.8 Å². The van der Waals surface area contributed by atoms with Crippen LogP contribution in [0, 0.1) is 13.8 Å². The van der Waals surface area contributed by atoms with Crippen molar-refractivity contribution in [2.75, 3.05) is 32.7 Å². The predicted molar refractivity (Wildman–Crippen MR) is 132 cm³/mol. The molecule has 3 aromatic rings. The molecule has 0 bridgehead atoms. The largest absolute Gasteiger partial charge is 0.497 e. The summed E-state index contributed by atoms with van der Waals surface area (Å²) in [5, 5.41) is 2.89. The highest BCUT2D eigenvalue weighted by molar-refractivity contribution is 5.94. The first-order valence-corrected chi connectivity index (χ1v) is 11.1. The first-order chi connectivity index (χ1) is 16.2. The molecular weight excluding hydrogens is 432 g/mol. The van der Waals surface area contributed by atoms with E-state index in [-0.39, 0.29) is 31.0 Å². The normalized spacial score (nSPS) is 10.9. The highest BCUT2D eigenvalue weighted by atomic mass is 16.5. The van der Waals surface area contributed by atoms with Crippen LogP contribution in [0.5, 0.6) is 5.75 Å². The Kier molecular flexibility index (Phi) is 8.07. The minimum Gasteiger partial charge on any atom is -0.497 e. The molecule has 0 aliphatic rings. The first-order valence-electron chi connectivity index (χ1n) is 11.1. The third kappa shape index (κ3) is 5.82. The number of hydrogen-bond acceptors (Lipinski definition) is 5. The quantitative estimate of drug-likeness (QED) is 0.518. The maximum absolute atomic E-state index is 13.0. The van der Waals surface area contributed by atoms with Crippen LogP contribution >= 0.6 is 0 Å². The Hall–Kier alpha value is -3.65. The van der Waals surface area contributed by atoms with Gasteiger partial charge in [0.25, 0.3) is 0 Å². The zero-order valence-corrected chi connectivity index (χ0v) is 20.6. The lowest BCUT2D eigenvalue weighted by Crippen LogP contribution is -2.44. The average molecular weight is 465 g/mol. The number of anilines is 1. The summed E-state index contributed by atoms with van der Waals surface area (Å²) in [5.74, 6) is 0.543. The Bertz CT molecular complexity index is 1150. The molecule has 2 aromatic carbocycles. The van der Waals surface area contributed by atoms with Crippen molar-refractivity contribution < 1.29 is 19.1 Å². The van der Waals surface area contributed by atoms with E-state index in [0.717, 1.165) is 22.6 Å². The van der Waals surface area contributed by atoms with Crippen LogP contribution in [-0.4, -0.2) is 59.7 Å². The van der Waals surface area contributed by atoms with Crippen molar-refractivity contribution in [3.8, 4) is 22.7 Å². The van der Waals surface area contributed by atoms with Gasteiger partial charge in [0.15, 0.2) is 0 Å². The molecule has 1 N–H and O–H groups in total. The molecule has 8 heteroatoms. The van der Waals surface area contributed by atoms with Crippen LogP contribution in [0.3, 0.4) is 0 Å². The predicted octanol–water partition coefficient (Wildman–Crippen LogP) is 3.99. The van der Waals surface area contributed by atoms with Crippen LogP contribution in [0.15, 0.2) is 48.7 Å². The highest BCUT2D eigenvalue weighted by Crippen LogP contribution is 2.27. The third-order valence-electron chi connectivity index (χ3n) is 5.64. The minimum atomic E-state index is -0.338. The summed E-state index contributed by atoms with van der Waals surface area (Å²) in [5.41, 5.74) is 4.77. The number of nitrogens with one attached hydrogen (secondary N) is 1. The minimum absolute atomic E-state index is 0.0790. The number of benzene rings is 2. The summed E-state index contributed by atoms with van der Waals surface area (Å²) >= 11 is 0. The van der Waals surface area contributed by atoms with Crippen LogP contribution in [0.25, 0.3) is 16.9 Å². The van der Waals surface area contributed by atoms with E-state index < -0.39 is 0 Å². The number of hydrogen-bond donors (Lipinski definition) is 1. The number of carbonyl (C=O) groups is 2. The van der Waals surface area contributed by atoms with E-state index in [1.807, 2.05) is 74.0 Å². The first kappa shape index (κ1) is 25.0. The topological polar surface area (TPSA) is 85.7 Å². The van der Waals surface area contributed by atoms with E-state index in [1.54, 1.807) is 7.11 Å². The molecule has 0 radical (unpaired) electrons. The molecule has 2 amide bonds. The molecule has 0 spiro atoms. The monoisotopic (exact) mass is 464 g/mol. The lowest BCUT2D eigenvalue weighted by molar-refractivity contribution is -0.139. The molecular formula is C26H32N4O4. The average Bonchev–Trinajstić information content (AvgIpc) is 3.22. The molecule has 0 saturated carbocycles. The zero-order chi connectivity index (χ0) is 24.8. The van der Waals surface area contributed by atoms with E-state index in [9.17, 15) is 9.59 Å². The second-order valence-electron chi connectivity index (χ2n) is 8.41. The zero-order valence-electron chi connectivity index (χ0n) is 20.6. The number of methoxy groups -OCH3 is 2. The molecule has 0 atom stereocenters. The number of amides is 2. The third-order valence-corrected chi connectivity index (χ3v) is 5.64. The van der Waals surface area contributed by atoms with E-state index in [2.05, 4.69) is 12.2 Å². The number of nitrogens with zero attached hydrogens (tertiary/aromatic N) is 3. The van der Waals surface area contributed by atoms with Crippen LogP contribution in [-0.2, 0) is 14.3 Å². The van der Waals surface area contributed by atoms with Crippen molar-refractivity contribution >= 4 is 17.8 Å². The van der Waals surface area contributed by atoms with Gasteiger partial charge in [0.05, 0.1) is 12.8 Å². The molecule has 0 aliphatic heterocycles. The van der Waals surface area contributed by atoms with Crippen molar-refractivity contribution in [1.82, 2.24) is 14.5 Å². The lowest BCUT2D eigenvalue weighted by atomic mass is 10.1. The number of ether oxygens (including phenoxy) is 2. The fraction of sp³-hybridized carbons (Fsp3) is 0.346. The molecule has 1 heterocycles. The van der Waals surface area contributed by atoms with Gasteiger partial charge in [-0.15, -0.1) is 0 Å². The summed E-state index contributed by atoms with van der Waals surface area (Å²) < 4.78 is 12.1. The molecule has 180 valence electrons. The SMILES string of the molecule is COCC(=O)N(CC(=O)Nc1nc(-c2ccc(OC)cc2)cn1-c1ccc(C)c(C)c1)C(C)C. The van der Waals surface area contributed by atoms with Gasteiger partial charge in [-0.2, -0.15) is 0 Å². The van der Waals surface area contributed by atoms with Crippen LogP contribution in [0.4, 0.5) is 5.95 Å². The summed E-state index contributed by atoms with van der Waals surface area (Å²) in [6.45, 7) is 7.63.